The zero-order valence-corrected chi connectivity index (χ0v) is 16.0. The highest BCUT2D eigenvalue weighted by atomic mass is 16.2. The van der Waals surface area contributed by atoms with E-state index in [4.69, 9.17) is 0 Å². The van der Waals surface area contributed by atoms with E-state index in [0.717, 1.165) is 37.4 Å². The largest absolute Gasteiger partial charge is 0.356 e. The van der Waals surface area contributed by atoms with Crippen LogP contribution in [0.5, 0.6) is 0 Å². The molecule has 0 N–H and O–H groups in total. The van der Waals surface area contributed by atoms with Crippen LogP contribution in [0, 0.1) is 0 Å². The normalized spacial score (nSPS) is 17.1. The van der Waals surface area contributed by atoms with Crippen LogP contribution in [-0.4, -0.2) is 70.9 Å². The van der Waals surface area contributed by atoms with E-state index in [9.17, 15) is 9.59 Å². The lowest BCUT2D eigenvalue weighted by Gasteiger charge is -2.35. The van der Waals surface area contributed by atoms with E-state index in [1.54, 1.807) is 12.4 Å². The van der Waals surface area contributed by atoms with Crippen LogP contribution in [0.3, 0.4) is 0 Å². The Bertz CT molecular complexity index is 828. The quantitative estimate of drug-likeness (QED) is 0.807. The van der Waals surface area contributed by atoms with Gasteiger partial charge < -0.3 is 14.7 Å². The van der Waals surface area contributed by atoms with Crippen LogP contribution >= 0.6 is 0 Å². The number of carbonyl (C=O) groups is 2. The Morgan fingerprint density at radius 1 is 0.821 bits per heavy atom. The molecule has 0 atom stereocenters. The molecule has 2 saturated heterocycles. The van der Waals surface area contributed by atoms with Gasteiger partial charge >= 0.3 is 0 Å². The zero-order valence-electron chi connectivity index (χ0n) is 16.0. The predicted molar refractivity (Wildman–Crippen MR) is 106 cm³/mol. The minimum Gasteiger partial charge on any atom is -0.356 e. The zero-order chi connectivity index (χ0) is 19.3. The number of amides is 2. The molecule has 28 heavy (non-hydrogen) atoms. The van der Waals surface area contributed by atoms with E-state index in [0.29, 0.717) is 38.2 Å². The number of piperazine rings is 1. The van der Waals surface area contributed by atoms with Crippen molar-refractivity contribution in [1.29, 1.82) is 0 Å². The summed E-state index contributed by atoms with van der Waals surface area (Å²) in [5.41, 5.74) is 1.44. The Labute approximate surface area is 165 Å². The van der Waals surface area contributed by atoms with Gasteiger partial charge in [0.05, 0.1) is 12.0 Å². The molecule has 7 heteroatoms. The van der Waals surface area contributed by atoms with Crippen molar-refractivity contribution in [3.05, 3.63) is 54.0 Å². The van der Waals surface area contributed by atoms with Gasteiger partial charge in [0.1, 0.15) is 5.82 Å². The predicted octanol–water partition coefficient (Wildman–Crippen LogP) is 1.60. The molecule has 2 aliphatic heterocycles. The molecule has 146 valence electrons. The summed E-state index contributed by atoms with van der Waals surface area (Å²) in [6.07, 6.45) is 6.03. The molecular formula is C21H25N5O2. The second-order valence-electron chi connectivity index (χ2n) is 7.24. The SMILES string of the molecule is O=C(Cc1ccccn1)N1CCN(C(=O)c2cccnc2N2CCCC2)CC1. The summed E-state index contributed by atoms with van der Waals surface area (Å²) in [6.45, 7) is 4.09. The standard InChI is InChI=1S/C21H25N5O2/c27-19(16-17-6-1-2-8-22-17)24-12-14-26(15-13-24)21(28)18-7-5-9-23-20(18)25-10-3-4-11-25/h1-2,5-9H,3-4,10-16H2. The Morgan fingerprint density at radius 3 is 2.25 bits per heavy atom. The number of pyridine rings is 2. The molecule has 2 aromatic rings. The monoisotopic (exact) mass is 379 g/mol. The van der Waals surface area contributed by atoms with Crippen LogP contribution in [0.1, 0.15) is 28.9 Å². The topological polar surface area (TPSA) is 69.6 Å². The summed E-state index contributed by atoms with van der Waals surface area (Å²) < 4.78 is 0. The van der Waals surface area contributed by atoms with Crippen LogP contribution in [0.4, 0.5) is 5.82 Å². The fourth-order valence-corrected chi connectivity index (χ4v) is 3.84. The molecule has 0 aliphatic carbocycles. The average molecular weight is 379 g/mol. The van der Waals surface area contributed by atoms with E-state index in [2.05, 4.69) is 14.9 Å². The lowest BCUT2D eigenvalue weighted by Crippen LogP contribution is -2.51. The maximum Gasteiger partial charge on any atom is 0.257 e. The van der Waals surface area contributed by atoms with Gasteiger partial charge in [-0.05, 0) is 37.1 Å². The van der Waals surface area contributed by atoms with E-state index < -0.39 is 0 Å². The number of aromatic nitrogens is 2. The summed E-state index contributed by atoms with van der Waals surface area (Å²) in [5, 5.41) is 0. The highest BCUT2D eigenvalue weighted by Crippen LogP contribution is 2.23. The van der Waals surface area contributed by atoms with Crippen molar-refractivity contribution in [2.45, 2.75) is 19.3 Å². The number of nitrogens with zero attached hydrogens (tertiary/aromatic N) is 5. The van der Waals surface area contributed by atoms with Gasteiger partial charge in [-0.2, -0.15) is 0 Å². The molecule has 0 unspecified atom stereocenters. The third-order valence-corrected chi connectivity index (χ3v) is 5.40. The molecule has 4 heterocycles. The Morgan fingerprint density at radius 2 is 1.54 bits per heavy atom. The number of anilines is 1. The van der Waals surface area contributed by atoms with Crippen molar-refractivity contribution in [3.8, 4) is 0 Å². The number of hydrogen-bond donors (Lipinski definition) is 0. The average Bonchev–Trinajstić information content (AvgIpc) is 3.29. The van der Waals surface area contributed by atoms with Gasteiger partial charge in [0.25, 0.3) is 5.91 Å². The number of hydrogen-bond acceptors (Lipinski definition) is 5. The van der Waals surface area contributed by atoms with E-state index >= 15 is 0 Å². The van der Waals surface area contributed by atoms with Gasteiger partial charge in [-0.3, -0.25) is 14.6 Å². The highest BCUT2D eigenvalue weighted by Gasteiger charge is 2.28. The number of carbonyl (C=O) groups excluding carboxylic acids is 2. The molecule has 0 aromatic carbocycles. The molecule has 2 aliphatic rings. The van der Waals surface area contributed by atoms with Crippen LogP contribution in [0.25, 0.3) is 0 Å². The second-order valence-corrected chi connectivity index (χ2v) is 7.24. The van der Waals surface area contributed by atoms with Crippen molar-refractivity contribution >= 4 is 17.6 Å². The number of rotatable bonds is 4. The molecule has 4 rings (SSSR count). The van der Waals surface area contributed by atoms with E-state index in [1.807, 2.05) is 40.1 Å². The molecule has 2 amide bonds. The molecule has 0 spiro atoms. The van der Waals surface area contributed by atoms with Crippen molar-refractivity contribution in [2.24, 2.45) is 0 Å². The fraction of sp³-hybridized carbons (Fsp3) is 0.429. The Hall–Kier alpha value is -2.96. The fourth-order valence-electron chi connectivity index (χ4n) is 3.84. The van der Waals surface area contributed by atoms with E-state index in [1.165, 1.54) is 0 Å². The molecule has 0 saturated carbocycles. The third-order valence-electron chi connectivity index (χ3n) is 5.40. The van der Waals surface area contributed by atoms with Crippen molar-refractivity contribution in [2.75, 3.05) is 44.2 Å². The van der Waals surface area contributed by atoms with E-state index in [-0.39, 0.29) is 11.8 Å². The maximum atomic E-state index is 13.1. The van der Waals surface area contributed by atoms with Gasteiger partial charge in [0, 0.05) is 57.4 Å². The van der Waals surface area contributed by atoms with Gasteiger partial charge in [0.15, 0.2) is 0 Å². The molecular weight excluding hydrogens is 354 g/mol. The summed E-state index contributed by atoms with van der Waals surface area (Å²) in [4.78, 5) is 40.1. The van der Waals surface area contributed by atoms with Crippen LogP contribution in [-0.2, 0) is 11.2 Å². The first kappa shape index (κ1) is 18.4. The van der Waals surface area contributed by atoms with Crippen LogP contribution in [0.15, 0.2) is 42.7 Å². The van der Waals surface area contributed by atoms with Gasteiger partial charge in [-0.1, -0.05) is 6.07 Å². The van der Waals surface area contributed by atoms with Crippen molar-refractivity contribution in [3.63, 3.8) is 0 Å². The molecule has 2 fully saturated rings. The summed E-state index contributed by atoms with van der Waals surface area (Å²) in [7, 11) is 0. The lowest BCUT2D eigenvalue weighted by atomic mass is 10.1. The van der Waals surface area contributed by atoms with Gasteiger partial charge in [-0.15, -0.1) is 0 Å². The first-order valence-electron chi connectivity index (χ1n) is 9.89. The first-order valence-corrected chi connectivity index (χ1v) is 9.89. The minimum absolute atomic E-state index is 0.00632. The van der Waals surface area contributed by atoms with Crippen LogP contribution in [0.2, 0.25) is 0 Å². The first-order chi connectivity index (χ1) is 13.7. The summed E-state index contributed by atoms with van der Waals surface area (Å²) >= 11 is 0. The highest BCUT2D eigenvalue weighted by molar-refractivity contribution is 5.99. The Balaban J connectivity index is 1.37. The Kier molecular flexibility index (Phi) is 5.50. The molecule has 2 aromatic heterocycles. The third kappa shape index (κ3) is 3.98. The molecule has 0 bridgehead atoms. The maximum absolute atomic E-state index is 13.1. The molecule has 0 radical (unpaired) electrons. The van der Waals surface area contributed by atoms with Crippen molar-refractivity contribution in [1.82, 2.24) is 19.8 Å². The van der Waals surface area contributed by atoms with Crippen LogP contribution < -0.4 is 4.90 Å². The lowest BCUT2D eigenvalue weighted by molar-refractivity contribution is -0.132. The van der Waals surface area contributed by atoms with Gasteiger partial charge in [-0.25, -0.2) is 4.98 Å². The second kappa shape index (κ2) is 8.37. The molecule has 7 nitrogen and oxygen atoms in total. The minimum atomic E-state index is 0.00632. The smallest absolute Gasteiger partial charge is 0.257 e. The summed E-state index contributed by atoms with van der Waals surface area (Å²) in [5.74, 6) is 0.857. The van der Waals surface area contributed by atoms with Gasteiger partial charge in [0.2, 0.25) is 5.91 Å². The van der Waals surface area contributed by atoms with Crippen molar-refractivity contribution < 1.29 is 9.59 Å². The summed E-state index contributed by atoms with van der Waals surface area (Å²) in [6, 6.07) is 9.27.